The molecule has 2 rings (SSSR count). The van der Waals surface area contributed by atoms with Crippen LogP contribution in [0.25, 0.3) is 0 Å². The molecule has 0 spiro atoms. The van der Waals surface area contributed by atoms with Crippen LogP contribution in [-0.2, 0) is 6.42 Å². The van der Waals surface area contributed by atoms with Crippen LogP contribution in [0.2, 0.25) is 0 Å². The maximum Gasteiger partial charge on any atom is 0.231 e. The van der Waals surface area contributed by atoms with Crippen LogP contribution in [0.5, 0.6) is 5.75 Å². The number of hydrogen-bond donors (Lipinski definition) is 5. The van der Waals surface area contributed by atoms with E-state index in [1.807, 2.05) is 31.2 Å². The van der Waals surface area contributed by atoms with E-state index in [2.05, 4.69) is 26.1 Å². The minimum atomic E-state index is 0.359. The van der Waals surface area contributed by atoms with Gasteiger partial charge in [-0.2, -0.15) is 9.97 Å². The monoisotopic (exact) mass is 289 g/mol. The number of benzene rings is 1. The number of nitrogen functional groups attached to an aromatic ring is 2. The molecule has 0 aliphatic heterocycles. The fraction of sp³-hybridized carbons (Fsp3) is 0.231. The Hall–Kier alpha value is -2.58. The minimum Gasteiger partial charge on any atom is -0.495 e. The van der Waals surface area contributed by atoms with E-state index < -0.39 is 0 Å². The SMILES string of the molecule is CCc1c(NN)nc(Nc2ccccc2OC)nc1NN. The number of nitrogens with one attached hydrogen (secondary N) is 3. The molecule has 8 nitrogen and oxygen atoms in total. The molecular weight excluding hydrogens is 270 g/mol. The Morgan fingerprint density at radius 1 is 1.10 bits per heavy atom. The minimum absolute atomic E-state index is 0.359. The van der Waals surface area contributed by atoms with Crippen LogP contribution < -0.4 is 32.6 Å². The standard InChI is InChI=1S/C13H19N7O/c1-3-8-11(19-14)17-13(18-12(8)20-15)16-9-6-4-5-7-10(9)21-2/h4-7H,3,14-15H2,1-2H3,(H3,16,17,18,19,20). The van der Waals surface area contributed by atoms with Gasteiger partial charge in [-0.25, -0.2) is 11.7 Å². The number of rotatable bonds is 6. The molecule has 0 saturated heterocycles. The number of aromatic nitrogens is 2. The summed E-state index contributed by atoms with van der Waals surface area (Å²) < 4.78 is 5.28. The van der Waals surface area contributed by atoms with E-state index in [1.165, 1.54) is 0 Å². The van der Waals surface area contributed by atoms with Crippen molar-refractivity contribution in [2.24, 2.45) is 11.7 Å². The second kappa shape index (κ2) is 6.73. The topological polar surface area (TPSA) is 123 Å². The molecule has 7 N–H and O–H groups in total. The largest absolute Gasteiger partial charge is 0.495 e. The third kappa shape index (κ3) is 3.12. The van der Waals surface area contributed by atoms with Crippen molar-refractivity contribution in [2.45, 2.75) is 13.3 Å². The van der Waals surface area contributed by atoms with Gasteiger partial charge in [0.1, 0.15) is 5.75 Å². The highest BCUT2D eigenvalue weighted by Crippen LogP contribution is 2.28. The maximum atomic E-state index is 5.51. The zero-order valence-corrected chi connectivity index (χ0v) is 12.0. The van der Waals surface area contributed by atoms with Crippen LogP contribution in [0.1, 0.15) is 12.5 Å². The Morgan fingerprint density at radius 3 is 2.24 bits per heavy atom. The highest BCUT2D eigenvalue weighted by molar-refractivity contribution is 5.66. The van der Waals surface area contributed by atoms with Crippen molar-refractivity contribution in [1.82, 2.24) is 9.97 Å². The first kappa shape index (κ1) is 14.8. The number of para-hydroxylation sites is 2. The first-order chi connectivity index (χ1) is 10.2. The van der Waals surface area contributed by atoms with Gasteiger partial charge in [-0.1, -0.05) is 19.1 Å². The summed E-state index contributed by atoms with van der Waals surface area (Å²) in [7, 11) is 1.60. The number of ether oxygens (including phenoxy) is 1. The Balaban J connectivity index is 2.40. The molecule has 0 bridgehead atoms. The normalized spacial score (nSPS) is 10.1. The van der Waals surface area contributed by atoms with Crippen molar-refractivity contribution >= 4 is 23.3 Å². The van der Waals surface area contributed by atoms with Crippen LogP contribution in [0.3, 0.4) is 0 Å². The molecule has 0 radical (unpaired) electrons. The van der Waals surface area contributed by atoms with E-state index in [0.29, 0.717) is 29.8 Å². The first-order valence-corrected chi connectivity index (χ1v) is 6.47. The number of nitrogens with zero attached hydrogens (tertiary/aromatic N) is 2. The molecule has 0 amide bonds. The molecule has 0 atom stereocenters. The average molecular weight is 289 g/mol. The van der Waals surface area contributed by atoms with Crippen molar-refractivity contribution < 1.29 is 4.74 Å². The van der Waals surface area contributed by atoms with Gasteiger partial charge in [-0.3, -0.25) is 0 Å². The number of hydrazine groups is 2. The van der Waals surface area contributed by atoms with Crippen LogP contribution >= 0.6 is 0 Å². The van der Waals surface area contributed by atoms with Crippen molar-refractivity contribution in [3.8, 4) is 5.75 Å². The van der Waals surface area contributed by atoms with Crippen molar-refractivity contribution in [3.63, 3.8) is 0 Å². The third-order valence-electron chi connectivity index (χ3n) is 2.99. The van der Waals surface area contributed by atoms with Gasteiger partial charge in [-0.05, 0) is 18.6 Å². The van der Waals surface area contributed by atoms with Crippen molar-refractivity contribution in [1.29, 1.82) is 0 Å². The lowest BCUT2D eigenvalue weighted by Gasteiger charge is -2.15. The zero-order valence-electron chi connectivity index (χ0n) is 12.0. The molecule has 0 unspecified atom stereocenters. The number of anilines is 4. The molecule has 1 heterocycles. The van der Waals surface area contributed by atoms with Gasteiger partial charge >= 0.3 is 0 Å². The van der Waals surface area contributed by atoms with Gasteiger partial charge in [0.2, 0.25) is 5.95 Å². The number of hydrogen-bond acceptors (Lipinski definition) is 8. The summed E-state index contributed by atoms with van der Waals surface area (Å²) >= 11 is 0. The van der Waals surface area contributed by atoms with E-state index in [-0.39, 0.29) is 0 Å². The molecule has 1 aromatic carbocycles. The van der Waals surface area contributed by atoms with Gasteiger partial charge in [-0.15, -0.1) is 0 Å². The Kier molecular flexibility index (Phi) is 4.75. The van der Waals surface area contributed by atoms with E-state index in [0.717, 1.165) is 11.3 Å². The average Bonchev–Trinajstić information content (AvgIpc) is 2.54. The second-order valence-corrected chi connectivity index (χ2v) is 4.19. The molecule has 0 aliphatic rings. The Labute approximate surface area is 122 Å². The predicted molar refractivity (Wildman–Crippen MR) is 83.3 cm³/mol. The zero-order chi connectivity index (χ0) is 15.2. The molecule has 1 aromatic heterocycles. The van der Waals surface area contributed by atoms with Crippen LogP contribution in [0.4, 0.5) is 23.3 Å². The van der Waals surface area contributed by atoms with Crippen LogP contribution in [-0.4, -0.2) is 17.1 Å². The molecule has 112 valence electrons. The quantitative estimate of drug-likeness (QED) is 0.399. The summed E-state index contributed by atoms with van der Waals surface area (Å²) in [5.74, 6) is 13.1. The summed E-state index contributed by atoms with van der Waals surface area (Å²) in [5.41, 5.74) is 6.67. The maximum absolute atomic E-state index is 5.51. The van der Waals surface area contributed by atoms with Gasteiger partial charge < -0.3 is 20.9 Å². The smallest absolute Gasteiger partial charge is 0.231 e. The number of nitrogens with two attached hydrogens (primary N) is 2. The van der Waals surface area contributed by atoms with Gasteiger partial charge in [0, 0.05) is 5.56 Å². The lowest BCUT2D eigenvalue weighted by Crippen LogP contribution is -2.18. The van der Waals surface area contributed by atoms with Crippen molar-refractivity contribution in [2.75, 3.05) is 23.3 Å². The van der Waals surface area contributed by atoms with Gasteiger partial charge in [0.25, 0.3) is 0 Å². The highest BCUT2D eigenvalue weighted by atomic mass is 16.5. The van der Waals surface area contributed by atoms with Gasteiger partial charge in [0.15, 0.2) is 11.6 Å². The van der Waals surface area contributed by atoms with Crippen LogP contribution in [0, 0.1) is 0 Å². The third-order valence-corrected chi connectivity index (χ3v) is 2.99. The summed E-state index contributed by atoms with van der Waals surface area (Å²) in [6, 6.07) is 7.47. The summed E-state index contributed by atoms with van der Waals surface area (Å²) in [6.07, 6.45) is 0.688. The summed E-state index contributed by atoms with van der Waals surface area (Å²) in [4.78, 5) is 8.66. The molecule has 8 heteroatoms. The fourth-order valence-corrected chi connectivity index (χ4v) is 1.98. The second-order valence-electron chi connectivity index (χ2n) is 4.19. The molecule has 0 saturated carbocycles. The highest BCUT2D eigenvalue weighted by Gasteiger charge is 2.13. The Morgan fingerprint density at radius 2 is 1.71 bits per heavy atom. The molecular formula is C13H19N7O. The predicted octanol–water partition coefficient (Wildman–Crippen LogP) is 1.36. The molecule has 21 heavy (non-hydrogen) atoms. The molecule has 0 fully saturated rings. The van der Waals surface area contributed by atoms with E-state index in [4.69, 9.17) is 16.4 Å². The lowest BCUT2D eigenvalue weighted by molar-refractivity contribution is 0.417. The first-order valence-electron chi connectivity index (χ1n) is 6.47. The fourth-order valence-electron chi connectivity index (χ4n) is 1.98. The molecule has 2 aromatic rings. The van der Waals surface area contributed by atoms with E-state index in [9.17, 15) is 0 Å². The number of methoxy groups -OCH3 is 1. The molecule has 0 aliphatic carbocycles. The van der Waals surface area contributed by atoms with E-state index in [1.54, 1.807) is 7.11 Å². The lowest BCUT2D eigenvalue weighted by atomic mass is 10.2. The van der Waals surface area contributed by atoms with Crippen molar-refractivity contribution in [3.05, 3.63) is 29.8 Å². The van der Waals surface area contributed by atoms with Crippen LogP contribution in [0.15, 0.2) is 24.3 Å². The summed E-state index contributed by atoms with van der Waals surface area (Å²) in [5, 5.41) is 3.09. The Bertz CT molecular complexity index is 592. The van der Waals surface area contributed by atoms with Gasteiger partial charge in [0.05, 0.1) is 12.8 Å². The summed E-state index contributed by atoms with van der Waals surface area (Å²) in [6.45, 7) is 1.97. The van der Waals surface area contributed by atoms with E-state index >= 15 is 0 Å².